The van der Waals surface area contributed by atoms with Gasteiger partial charge in [0.2, 0.25) is 11.8 Å². The number of amides is 2. The summed E-state index contributed by atoms with van der Waals surface area (Å²) in [5, 5.41) is 2.81. The maximum atomic E-state index is 12.2. The van der Waals surface area contributed by atoms with Gasteiger partial charge in [0.25, 0.3) is 0 Å². The van der Waals surface area contributed by atoms with Crippen LogP contribution in [0.25, 0.3) is 0 Å². The summed E-state index contributed by atoms with van der Waals surface area (Å²) in [6.45, 7) is 3.88. The van der Waals surface area contributed by atoms with E-state index >= 15 is 0 Å². The number of nitrogens with one attached hydrogen (secondary N) is 1. The number of carbonyl (C=O) groups excluding carboxylic acids is 2. The smallest absolute Gasteiger partial charge is 0.242 e. The van der Waals surface area contributed by atoms with Gasteiger partial charge in [-0.05, 0) is 25.7 Å². The Hall–Kier alpha value is -1.10. The molecule has 0 aromatic carbocycles. The van der Waals surface area contributed by atoms with Crippen LogP contribution in [0.15, 0.2) is 0 Å². The standard InChI is InChI=1S/C13H22N2O3/c1-2-11-13(17)14-6-7-15(11)12(16)9-10-5-3-4-8-18-10/h10-11H,2-9H2,1H3,(H,14,17). The van der Waals surface area contributed by atoms with Crippen molar-refractivity contribution in [2.75, 3.05) is 19.7 Å². The zero-order chi connectivity index (χ0) is 13.0. The van der Waals surface area contributed by atoms with E-state index in [1.807, 2.05) is 6.92 Å². The van der Waals surface area contributed by atoms with Crippen molar-refractivity contribution in [1.29, 1.82) is 0 Å². The van der Waals surface area contributed by atoms with Gasteiger partial charge in [-0.25, -0.2) is 0 Å². The van der Waals surface area contributed by atoms with Crippen LogP contribution in [0.1, 0.15) is 39.0 Å². The number of hydrogen-bond acceptors (Lipinski definition) is 3. The van der Waals surface area contributed by atoms with Crippen LogP contribution in [0, 0.1) is 0 Å². The molecule has 2 saturated heterocycles. The molecule has 0 radical (unpaired) electrons. The van der Waals surface area contributed by atoms with Crippen LogP contribution in [0.3, 0.4) is 0 Å². The van der Waals surface area contributed by atoms with Gasteiger partial charge in [0.15, 0.2) is 0 Å². The molecule has 0 aromatic heterocycles. The lowest BCUT2D eigenvalue weighted by molar-refractivity contribution is -0.146. The average molecular weight is 254 g/mol. The number of nitrogens with zero attached hydrogens (tertiary/aromatic N) is 1. The van der Waals surface area contributed by atoms with E-state index < -0.39 is 0 Å². The Labute approximate surface area is 108 Å². The van der Waals surface area contributed by atoms with E-state index in [9.17, 15) is 9.59 Å². The third-order valence-corrected chi connectivity index (χ3v) is 3.71. The third kappa shape index (κ3) is 3.02. The molecule has 0 aliphatic carbocycles. The first-order valence-electron chi connectivity index (χ1n) is 6.91. The van der Waals surface area contributed by atoms with E-state index in [1.165, 1.54) is 0 Å². The molecule has 2 atom stereocenters. The van der Waals surface area contributed by atoms with Gasteiger partial charge in [0, 0.05) is 19.7 Å². The van der Waals surface area contributed by atoms with E-state index in [1.54, 1.807) is 4.90 Å². The first-order chi connectivity index (χ1) is 8.72. The van der Waals surface area contributed by atoms with Gasteiger partial charge in [-0.2, -0.15) is 0 Å². The predicted molar refractivity (Wildman–Crippen MR) is 67.0 cm³/mol. The second kappa shape index (κ2) is 6.18. The maximum Gasteiger partial charge on any atom is 0.242 e. The van der Waals surface area contributed by atoms with Crippen molar-refractivity contribution < 1.29 is 14.3 Å². The Bertz CT molecular complexity index is 313. The highest BCUT2D eigenvalue weighted by Crippen LogP contribution is 2.18. The number of piperazine rings is 1. The van der Waals surface area contributed by atoms with E-state index in [-0.39, 0.29) is 24.0 Å². The molecule has 0 saturated carbocycles. The molecule has 18 heavy (non-hydrogen) atoms. The zero-order valence-corrected chi connectivity index (χ0v) is 11.0. The largest absolute Gasteiger partial charge is 0.378 e. The summed E-state index contributed by atoms with van der Waals surface area (Å²) in [7, 11) is 0. The fraction of sp³-hybridized carbons (Fsp3) is 0.846. The molecule has 2 aliphatic rings. The summed E-state index contributed by atoms with van der Waals surface area (Å²) in [6, 6.07) is -0.296. The van der Waals surface area contributed by atoms with Gasteiger partial charge in [-0.15, -0.1) is 0 Å². The van der Waals surface area contributed by atoms with E-state index in [4.69, 9.17) is 4.74 Å². The zero-order valence-electron chi connectivity index (χ0n) is 11.0. The van der Waals surface area contributed by atoms with Gasteiger partial charge >= 0.3 is 0 Å². The van der Waals surface area contributed by atoms with Crippen LogP contribution >= 0.6 is 0 Å². The van der Waals surface area contributed by atoms with Crippen molar-refractivity contribution >= 4 is 11.8 Å². The number of ether oxygens (including phenoxy) is 1. The predicted octanol–water partition coefficient (Wildman–Crippen LogP) is 0.683. The maximum absolute atomic E-state index is 12.2. The molecule has 102 valence electrons. The van der Waals surface area contributed by atoms with Crippen molar-refractivity contribution in [3.63, 3.8) is 0 Å². The molecule has 0 bridgehead atoms. The molecule has 2 unspecified atom stereocenters. The summed E-state index contributed by atoms with van der Waals surface area (Å²) in [5.41, 5.74) is 0. The van der Waals surface area contributed by atoms with Crippen LogP contribution in [0.4, 0.5) is 0 Å². The average Bonchev–Trinajstić information content (AvgIpc) is 2.39. The van der Waals surface area contributed by atoms with Gasteiger partial charge in [0.1, 0.15) is 6.04 Å². The lowest BCUT2D eigenvalue weighted by Gasteiger charge is -2.35. The number of carbonyl (C=O) groups is 2. The topological polar surface area (TPSA) is 58.6 Å². The summed E-state index contributed by atoms with van der Waals surface area (Å²) in [5.74, 6) is 0.0327. The quantitative estimate of drug-likeness (QED) is 0.806. The molecule has 2 fully saturated rings. The van der Waals surface area contributed by atoms with Gasteiger partial charge in [-0.1, -0.05) is 6.92 Å². The Balaban J connectivity index is 1.91. The van der Waals surface area contributed by atoms with Crippen LogP contribution in [-0.2, 0) is 14.3 Å². The number of rotatable bonds is 3. The Morgan fingerprint density at radius 3 is 3.00 bits per heavy atom. The number of hydrogen-bond donors (Lipinski definition) is 1. The van der Waals surface area contributed by atoms with Gasteiger partial charge < -0.3 is 15.0 Å². The second-order valence-electron chi connectivity index (χ2n) is 4.99. The molecular formula is C13H22N2O3. The molecule has 0 spiro atoms. The van der Waals surface area contributed by atoms with Crippen molar-refractivity contribution in [2.24, 2.45) is 0 Å². The summed E-state index contributed by atoms with van der Waals surface area (Å²) in [4.78, 5) is 25.7. The minimum absolute atomic E-state index is 0.0262. The van der Waals surface area contributed by atoms with Crippen LogP contribution < -0.4 is 5.32 Å². The Morgan fingerprint density at radius 1 is 1.50 bits per heavy atom. The molecule has 2 aliphatic heterocycles. The minimum atomic E-state index is -0.296. The van der Waals surface area contributed by atoms with Crippen molar-refractivity contribution in [3.05, 3.63) is 0 Å². The third-order valence-electron chi connectivity index (χ3n) is 3.71. The van der Waals surface area contributed by atoms with E-state index in [0.29, 0.717) is 25.9 Å². The molecule has 2 amide bonds. The first kappa shape index (κ1) is 13.3. The molecule has 2 rings (SSSR count). The molecule has 1 N–H and O–H groups in total. The first-order valence-corrected chi connectivity index (χ1v) is 6.91. The Morgan fingerprint density at radius 2 is 2.33 bits per heavy atom. The minimum Gasteiger partial charge on any atom is -0.378 e. The molecule has 5 nitrogen and oxygen atoms in total. The summed E-state index contributed by atoms with van der Waals surface area (Å²) < 4.78 is 5.59. The highest BCUT2D eigenvalue weighted by molar-refractivity contribution is 5.88. The van der Waals surface area contributed by atoms with Crippen molar-refractivity contribution in [3.8, 4) is 0 Å². The summed E-state index contributed by atoms with van der Waals surface area (Å²) >= 11 is 0. The SMILES string of the molecule is CCC1C(=O)NCCN1C(=O)CC1CCCCO1. The second-order valence-corrected chi connectivity index (χ2v) is 4.99. The fourth-order valence-corrected chi connectivity index (χ4v) is 2.70. The van der Waals surface area contributed by atoms with Crippen molar-refractivity contribution in [1.82, 2.24) is 10.2 Å². The van der Waals surface area contributed by atoms with E-state index in [0.717, 1.165) is 25.9 Å². The van der Waals surface area contributed by atoms with Gasteiger partial charge in [0.05, 0.1) is 12.5 Å². The van der Waals surface area contributed by atoms with Crippen molar-refractivity contribution in [2.45, 2.75) is 51.2 Å². The van der Waals surface area contributed by atoms with Crippen LogP contribution in [0.5, 0.6) is 0 Å². The fourth-order valence-electron chi connectivity index (χ4n) is 2.70. The van der Waals surface area contributed by atoms with Crippen LogP contribution in [0.2, 0.25) is 0 Å². The lowest BCUT2D eigenvalue weighted by atomic mass is 10.0. The molecule has 2 heterocycles. The lowest BCUT2D eigenvalue weighted by Crippen LogP contribution is -2.57. The normalized spacial score (nSPS) is 28.9. The van der Waals surface area contributed by atoms with Crippen LogP contribution in [-0.4, -0.2) is 48.6 Å². The molecule has 5 heteroatoms. The molecular weight excluding hydrogens is 232 g/mol. The monoisotopic (exact) mass is 254 g/mol. The highest BCUT2D eigenvalue weighted by Gasteiger charge is 2.32. The highest BCUT2D eigenvalue weighted by atomic mass is 16.5. The van der Waals surface area contributed by atoms with E-state index in [2.05, 4.69) is 5.32 Å². The summed E-state index contributed by atoms with van der Waals surface area (Å²) in [6.07, 6.45) is 4.33. The molecule has 0 aromatic rings. The van der Waals surface area contributed by atoms with Gasteiger partial charge in [-0.3, -0.25) is 9.59 Å². The Kier molecular flexibility index (Phi) is 4.58.